The summed E-state index contributed by atoms with van der Waals surface area (Å²) < 4.78 is 0. The summed E-state index contributed by atoms with van der Waals surface area (Å²) in [7, 11) is 0. The predicted molar refractivity (Wildman–Crippen MR) is 77.2 cm³/mol. The average molecular weight is 253 g/mol. The molecular formula is C16H19N3. The lowest BCUT2D eigenvalue weighted by Crippen LogP contribution is -2.09. The fraction of sp³-hybridized carbons (Fsp3) is 0.375. The summed E-state index contributed by atoms with van der Waals surface area (Å²) in [5, 5.41) is 3.53. The largest absolute Gasteiger partial charge is 0.379 e. The summed E-state index contributed by atoms with van der Waals surface area (Å²) in [5.74, 6) is 0.828. The predicted octanol–water partition coefficient (Wildman–Crippen LogP) is 3.28. The van der Waals surface area contributed by atoms with Crippen molar-refractivity contribution >= 4 is 5.69 Å². The van der Waals surface area contributed by atoms with Gasteiger partial charge in [0.05, 0.1) is 12.2 Å². The monoisotopic (exact) mass is 253 g/mol. The highest BCUT2D eigenvalue weighted by Gasteiger charge is 2.12. The Hall–Kier alpha value is -1.90. The molecule has 3 rings (SSSR count). The number of nitrogens with one attached hydrogen (secondary N) is 1. The summed E-state index contributed by atoms with van der Waals surface area (Å²) in [6, 6.07) is 8.56. The van der Waals surface area contributed by atoms with Crippen molar-refractivity contribution in [2.75, 3.05) is 5.32 Å². The SMILES string of the molecule is Cc1nccc(CNc2cccc3c2CCCC3)n1. The maximum absolute atomic E-state index is 4.43. The van der Waals surface area contributed by atoms with Gasteiger partial charge in [-0.15, -0.1) is 0 Å². The number of nitrogens with zero attached hydrogens (tertiary/aromatic N) is 2. The van der Waals surface area contributed by atoms with Gasteiger partial charge in [-0.3, -0.25) is 0 Å². The Morgan fingerprint density at radius 1 is 1.16 bits per heavy atom. The molecule has 1 aromatic heterocycles. The third kappa shape index (κ3) is 2.75. The summed E-state index contributed by atoms with van der Waals surface area (Å²) in [6.45, 7) is 2.69. The van der Waals surface area contributed by atoms with Crippen molar-refractivity contribution in [1.82, 2.24) is 9.97 Å². The summed E-state index contributed by atoms with van der Waals surface area (Å²) in [5.41, 5.74) is 5.32. The third-order valence-electron chi connectivity index (χ3n) is 3.69. The molecule has 0 radical (unpaired) electrons. The Labute approximate surface area is 114 Å². The number of hydrogen-bond acceptors (Lipinski definition) is 3. The van der Waals surface area contributed by atoms with E-state index in [4.69, 9.17) is 0 Å². The summed E-state index contributed by atoms with van der Waals surface area (Å²) in [4.78, 5) is 8.55. The number of rotatable bonds is 3. The van der Waals surface area contributed by atoms with Gasteiger partial charge in [-0.05, 0) is 55.9 Å². The second-order valence-electron chi connectivity index (χ2n) is 5.10. The van der Waals surface area contributed by atoms with Crippen molar-refractivity contribution in [2.24, 2.45) is 0 Å². The van der Waals surface area contributed by atoms with Crippen LogP contribution in [0.2, 0.25) is 0 Å². The summed E-state index contributed by atoms with van der Waals surface area (Å²) in [6.07, 6.45) is 6.86. The number of hydrogen-bond donors (Lipinski definition) is 1. The zero-order chi connectivity index (χ0) is 13.1. The smallest absolute Gasteiger partial charge is 0.125 e. The first kappa shape index (κ1) is 12.2. The molecule has 98 valence electrons. The molecule has 19 heavy (non-hydrogen) atoms. The molecule has 1 aromatic carbocycles. The molecule has 0 spiro atoms. The normalized spacial score (nSPS) is 13.9. The molecule has 3 heteroatoms. The number of benzene rings is 1. The van der Waals surface area contributed by atoms with Crippen LogP contribution in [-0.4, -0.2) is 9.97 Å². The van der Waals surface area contributed by atoms with E-state index < -0.39 is 0 Å². The van der Waals surface area contributed by atoms with Crippen LogP contribution in [0.25, 0.3) is 0 Å². The van der Waals surface area contributed by atoms with Crippen LogP contribution in [0.15, 0.2) is 30.5 Å². The van der Waals surface area contributed by atoms with E-state index >= 15 is 0 Å². The lowest BCUT2D eigenvalue weighted by atomic mass is 9.90. The van der Waals surface area contributed by atoms with E-state index in [9.17, 15) is 0 Å². The molecule has 0 atom stereocenters. The highest BCUT2D eigenvalue weighted by atomic mass is 14.9. The van der Waals surface area contributed by atoms with E-state index in [1.165, 1.54) is 42.5 Å². The molecule has 0 saturated carbocycles. The van der Waals surface area contributed by atoms with Gasteiger partial charge in [0.2, 0.25) is 0 Å². The molecule has 1 aliphatic rings. The Morgan fingerprint density at radius 3 is 2.95 bits per heavy atom. The van der Waals surface area contributed by atoms with E-state index in [-0.39, 0.29) is 0 Å². The van der Waals surface area contributed by atoms with Gasteiger partial charge < -0.3 is 5.32 Å². The zero-order valence-electron chi connectivity index (χ0n) is 11.3. The highest BCUT2D eigenvalue weighted by molar-refractivity contribution is 5.55. The topological polar surface area (TPSA) is 37.8 Å². The van der Waals surface area contributed by atoms with Crippen LogP contribution >= 0.6 is 0 Å². The molecule has 1 N–H and O–H groups in total. The van der Waals surface area contributed by atoms with Gasteiger partial charge in [-0.2, -0.15) is 0 Å². The van der Waals surface area contributed by atoms with E-state index in [1.54, 1.807) is 0 Å². The van der Waals surface area contributed by atoms with Gasteiger partial charge in [0, 0.05) is 11.9 Å². The molecule has 0 fully saturated rings. The van der Waals surface area contributed by atoms with Crippen molar-refractivity contribution in [1.29, 1.82) is 0 Å². The second kappa shape index (κ2) is 5.39. The highest BCUT2D eigenvalue weighted by Crippen LogP contribution is 2.27. The van der Waals surface area contributed by atoms with Crippen molar-refractivity contribution in [3.63, 3.8) is 0 Å². The maximum atomic E-state index is 4.43. The van der Waals surface area contributed by atoms with Crippen LogP contribution in [0.1, 0.15) is 35.5 Å². The molecule has 0 amide bonds. The van der Waals surface area contributed by atoms with Crippen molar-refractivity contribution < 1.29 is 0 Å². The van der Waals surface area contributed by atoms with E-state index in [0.29, 0.717) is 0 Å². The van der Waals surface area contributed by atoms with E-state index in [2.05, 4.69) is 33.5 Å². The Kier molecular flexibility index (Phi) is 3.45. The fourth-order valence-corrected chi connectivity index (χ4v) is 2.74. The molecular weight excluding hydrogens is 234 g/mol. The number of fused-ring (bicyclic) bond motifs is 1. The zero-order valence-corrected chi connectivity index (χ0v) is 11.3. The molecule has 0 saturated heterocycles. The lowest BCUT2D eigenvalue weighted by Gasteiger charge is -2.20. The quantitative estimate of drug-likeness (QED) is 0.912. The fourth-order valence-electron chi connectivity index (χ4n) is 2.74. The Morgan fingerprint density at radius 2 is 2.05 bits per heavy atom. The number of aryl methyl sites for hydroxylation is 2. The van der Waals surface area contributed by atoms with Crippen LogP contribution in [0, 0.1) is 6.92 Å². The van der Waals surface area contributed by atoms with Gasteiger partial charge in [0.1, 0.15) is 5.82 Å². The van der Waals surface area contributed by atoms with Crippen LogP contribution < -0.4 is 5.32 Å². The lowest BCUT2D eigenvalue weighted by molar-refractivity contribution is 0.686. The van der Waals surface area contributed by atoms with Gasteiger partial charge in [-0.1, -0.05) is 12.1 Å². The minimum Gasteiger partial charge on any atom is -0.379 e. The molecule has 0 aliphatic heterocycles. The third-order valence-corrected chi connectivity index (χ3v) is 3.69. The molecule has 3 nitrogen and oxygen atoms in total. The van der Waals surface area contributed by atoms with Gasteiger partial charge in [0.15, 0.2) is 0 Å². The van der Waals surface area contributed by atoms with Crippen LogP contribution in [0.5, 0.6) is 0 Å². The first-order valence-electron chi connectivity index (χ1n) is 6.96. The van der Waals surface area contributed by atoms with Crippen molar-refractivity contribution in [3.05, 3.63) is 53.1 Å². The molecule has 1 heterocycles. The van der Waals surface area contributed by atoms with Crippen molar-refractivity contribution in [2.45, 2.75) is 39.2 Å². The van der Waals surface area contributed by atoms with Gasteiger partial charge >= 0.3 is 0 Å². The molecule has 2 aromatic rings. The Bertz CT molecular complexity index is 578. The van der Waals surface area contributed by atoms with Gasteiger partial charge in [0.25, 0.3) is 0 Å². The van der Waals surface area contributed by atoms with Crippen LogP contribution in [-0.2, 0) is 19.4 Å². The number of aromatic nitrogens is 2. The first-order chi connectivity index (χ1) is 9.33. The maximum Gasteiger partial charge on any atom is 0.125 e. The Balaban J connectivity index is 1.77. The van der Waals surface area contributed by atoms with Crippen LogP contribution in [0.4, 0.5) is 5.69 Å². The van der Waals surface area contributed by atoms with Crippen LogP contribution in [0.3, 0.4) is 0 Å². The standard InChI is InChI=1S/C16H19N3/c1-12-17-10-9-14(19-12)11-18-16-8-4-6-13-5-2-3-7-15(13)16/h4,6,8-10,18H,2-3,5,7,11H2,1H3. The minimum atomic E-state index is 0.764. The minimum absolute atomic E-state index is 0.764. The summed E-state index contributed by atoms with van der Waals surface area (Å²) >= 11 is 0. The molecule has 0 bridgehead atoms. The second-order valence-corrected chi connectivity index (χ2v) is 5.10. The molecule has 1 aliphatic carbocycles. The molecule has 0 unspecified atom stereocenters. The first-order valence-corrected chi connectivity index (χ1v) is 6.96. The van der Waals surface area contributed by atoms with E-state index in [0.717, 1.165) is 18.1 Å². The van der Waals surface area contributed by atoms with E-state index in [1.807, 2.05) is 19.2 Å². The van der Waals surface area contributed by atoms with Crippen molar-refractivity contribution in [3.8, 4) is 0 Å². The average Bonchev–Trinajstić information content (AvgIpc) is 2.45. The number of anilines is 1. The van der Waals surface area contributed by atoms with Gasteiger partial charge in [-0.25, -0.2) is 9.97 Å².